The fraction of sp³-hybridized carbons (Fsp3) is 0.0667. The summed E-state index contributed by atoms with van der Waals surface area (Å²) >= 11 is 2.00. The average molecular weight is 397 g/mol. The Bertz CT molecular complexity index is 700. The van der Waals surface area contributed by atoms with Gasteiger partial charge < -0.3 is 15.5 Å². The molecule has 0 heterocycles. The summed E-state index contributed by atoms with van der Waals surface area (Å²) in [6.07, 6.45) is -0.0300. The molecule has 0 aliphatic carbocycles. The molecular formula is C15H12INO4. The number of carbonyl (C=O) groups is 2. The Kier molecular flexibility index (Phi) is 4.79. The first-order valence-electron chi connectivity index (χ1n) is 6.07. The minimum atomic E-state index is -1.11. The normalized spacial score (nSPS) is 10.1. The molecule has 0 saturated carbocycles. The summed E-state index contributed by atoms with van der Waals surface area (Å²) in [4.78, 5) is 23.2. The lowest BCUT2D eigenvalue weighted by molar-refractivity contribution is -0.115. The van der Waals surface area contributed by atoms with Crippen LogP contribution in [-0.4, -0.2) is 22.1 Å². The number of benzene rings is 2. The largest absolute Gasteiger partial charge is 0.508 e. The Morgan fingerprint density at radius 2 is 1.86 bits per heavy atom. The van der Waals surface area contributed by atoms with Crippen LogP contribution in [0.4, 0.5) is 5.69 Å². The highest BCUT2D eigenvalue weighted by atomic mass is 127. The highest BCUT2D eigenvalue weighted by molar-refractivity contribution is 14.1. The van der Waals surface area contributed by atoms with Crippen LogP contribution in [0.15, 0.2) is 42.5 Å². The van der Waals surface area contributed by atoms with Gasteiger partial charge in [-0.3, -0.25) is 4.79 Å². The first-order valence-corrected chi connectivity index (χ1v) is 7.15. The molecule has 2 aromatic carbocycles. The lowest BCUT2D eigenvalue weighted by Crippen LogP contribution is -2.17. The molecular weight excluding hydrogens is 385 g/mol. The first-order chi connectivity index (χ1) is 9.97. The Morgan fingerprint density at radius 3 is 2.52 bits per heavy atom. The smallest absolute Gasteiger partial charge is 0.337 e. The summed E-state index contributed by atoms with van der Waals surface area (Å²) < 4.78 is 0.767. The number of anilines is 1. The third-order valence-corrected chi connectivity index (χ3v) is 3.50. The van der Waals surface area contributed by atoms with E-state index < -0.39 is 5.97 Å². The number of aromatic hydroxyl groups is 1. The number of phenolic OH excluding ortho intramolecular Hbond substituents is 1. The summed E-state index contributed by atoms with van der Waals surface area (Å²) in [5, 5.41) is 21.3. The molecule has 2 rings (SSSR count). The van der Waals surface area contributed by atoms with Crippen LogP contribution < -0.4 is 5.32 Å². The molecule has 0 saturated heterocycles. The van der Waals surface area contributed by atoms with Crippen LogP contribution >= 0.6 is 22.6 Å². The van der Waals surface area contributed by atoms with Crippen molar-refractivity contribution in [3.05, 3.63) is 57.2 Å². The van der Waals surface area contributed by atoms with Crippen LogP contribution in [-0.2, 0) is 11.2 Å². The number of amides is 1. The Labute approximate surface area is 134 Å². The average Bonchev–Trinajstić information content (AvgIpc) is 2.43. The number of rotatable bonds is 4. The van der Waals surface area contributed by atoms with Crippen LogP contribution in [0, 0.1) is 3.57 Å². The van der Waals surface area contributed by atoms with Gasteiger partial charge in [0.1, 0.15) is 5.75 Å². The highest BCUT2D eigenvalue weighted by Gasteiger charge is 2.14. The summed E-state index contributed by atoms with van der Waals surface area (Å²) in [5.41, 5.74) is 0.758. The quantitative estimate of drug-likeness (QED) is 0.693. The van der Waals surface area contributed by atoms with Crippen LogP contribution in [0.1, 0.15) is 15.9 Å². The van der Waals surface area contributed by atoms with Gasteiger partial charge in [-0.2, -0.15) is 0 Å². The van der Waals surface area contributed by atoms with Gasteiger partial charge in [-0.15, -0.1) is 0 Å². The zero-order valence-electron chi connectivity index (χ0n) is 10.8. The van der Waals surface area contributed by atoms with Gasteiger partial charge in [-0.1, -0.05) is 18.2 Å². The number of carbonyl (C=O) groups excluding carboxylic acids is 1. The molecule has 3 N–H and O–H groups in total. The maximum atomic E-state index is 12.0. The summed E-state index contributed by atoms with van der Waals surface area (Å²) in [5.74, 6) is -1.46. The monoisotopic (exact) mass is 397 g/mol. The van der Waals surface area contributed by atoms with Gasteiger partial charge in [-0.05, 0) is 46.9 Å². The molecule has 0 fully saturated rings. The third kappa shape index (κ3) is 3.94. The molecule has 2 aromatic rings. The van der Waals surface area contributed by atoms with Crippen LogP contribution in [0.25, 0.3) is 0 Å². The Morgan fingerprint density at radius 1 is 1.14 bits per heavy atom. The summed E-state index contributed by atoms with van der Waals surface area (Å²) in [6.45, 7) is 0. The van der Waals surface area contributed by atoms with Gasteiger partial charge in [0, 0.05) is 9.13 Å². The molecule has 108 valence electrons. The molecule has 5 nitrogen and oxygen atoms in total. The zero-order valence-corrected chi connectivity index (χ0v) is 13.0. The molecule has 1 amide bonds. The topological polar surface area (TPSA) is 86.6 Å². The molecule has 0 aromatic heterocycles. The SMILES string of the molecule is O=C(Cc1ccccc1O)Nc1ccc(I)cc1C(=O)O. The summed E-state index contributed by atoms with van der Waals surface area (Å²) in [7, 11) is 0. The van der Waals surface area contributed by atoms with Crippen molar-refractivity contribution in [1.82, 2.24) is 0 Å². The number of carboxylic acid groups (broad SMARTS) is 1. The third-order valence-electron chi connectivity index (χ3n) is 2.83. The Hall–Kier alpha value is -2.09. The number of hydrogen-bond acceptors (Lipinski definition) is 3. The lowest BCUT2D eigenvalue weighted by atomic mass is 10.1. The fourth-order valence-electron chi connectivity index (χ4n) is 1.83. The summed E-state index contributed by atoms with van der Waals surface area (Å²) in [6, 6.07) is 11.3. The lowest BCUT2D eigenvalue weighted by Gasteiger charge is -2.09. The van der Waals surface area contributed by atoms with E-state index in [4.69, 9.17) is 5.11 Å². The second-order valence-corrected chi connectivity index (χ2v) is 5.59. The van der Waals surface area contributed by atoms with Gasteiger partial charge in [0.15, 0.2) is 0 Å². The molecule has 0 aliphatic heterocycles. The maximum Gasteiger partial charge on any atom is 0.337 e. The van der Waals surface area contributed by atoms with Crippen molar-refractivity contribution < 1.29 is 19.8 Å². The molecule has 6 heteroatoms. The first kappa shape index (κ1) is 15.3. The van der Waals surface area contributed by atoms with E-state index in [9.17, 15) is 14.7 Å². The number of nitrogens with one attached hydrogen (secondary N) is 1. The van der Waals surface area contributed by atoms with Gasteiger partial charge in [0.2, 0.25) is 5.91 Å². The van der Waals surface area contributed by atoms with E-state index in [0.717, 1.165) is 3.57 Å². The van der Waals surface area contributed by atoms with Crippen molar-refractivity contribution in [3.63, 3.8) is 0 Å². The van der Waals surface area contributed by atoms with Crippen molar-refractivity contribution >= 4 is 40.2 Å². The Balaban J connectivity index is 2.17. The molecule has 0 unspecified atom stereocenters. The maximum absolute atomic E-state index is 12.0. The number of aromatic carboxylic acids is 1. The van der Waals surface area contributed by atoms with E-state index in [1.807, 2.05) is 22.6 Å². The second-order valence-electron chi connectivity index (χ2n) is 4.35. The molecule has 0 atom stereocenters. The van der Waals surface area contributed by atoms with Crippen LogP contribution in [0.3, 0.4) is 0 Å². The van der Waals surface area contributed by atoms with E-state index >= 15 is 0 Å². The van der Waals surface area contributed by atoms with Gasteiger partial charge in [0.25, 0.3) is 0 Å². The van der Waals surface area contributed by atoms with Crippen molar-refractivity contribution in [2.75, 3.05) is 5.32 Å². The van der Waals surface area contributed by atoms with Crippen molar-refractivity contribution in [3.8, 4) is 5.75 Å². The number of halogens is 1. The van der Waals surface area contributed by atoms with E-state index in [0.29, 0.717) is 5.56 Å². The molecule has 0 spiro atoms. The molecule has 21 heavy (non-hydrogen) atoms. The number of carboxylic acids is 1. The highest BCUT2D eigenvalue weighted by Crippen LogP contribution is 2.21. The van der Waals surface area contributed by atoms with Crippen LogP contribution in [0.2, 0.25) is 0 Å². The number of para-hydroxylation sites is 1. The number of hydrogen-bond donors (Lipinski definition) is 3. The van der Waals surface area contributed by atoms with Gasteiger partial charge in [-0.25, -0.2) is 4.79 Å². The molecule has 0 aliphatic rings. The van der Waals surface area contributed by atoms with Crippen molar-refractivity contribution in [1.29, 1.82) is 0 Å². The van der Waals surface area contributed by atoms with Crippen molar-refractivity contribution in [2.24, 2.45) is 0 Å². The standard InChI is InChI=1S/C15H12INO4/c16-10-5-6-12(11(8-10)15(20)21)17-14(19)7-9-3-1-2-4-13(9)18/h1-6,8,18H,7H2,(H,17,19)(H,20,21). The predicted molar refractivity (Wildman–Crippen MR) is 86.6 cm³/mol. The van der Waals surface area contributed by atoms with Crippen LogP contribution in [0.5, 0.6) is 5.75 Å². The fourth-order valence-corrected chi connectivity index (χ4v) is 2.32. The zero-order chi connectivity index (χ0) is 15.4. The van der Waals surface area contributed by atoms with Gasteiger partial charge >= 0.3 is 5.97 Å². The number of phenols is 1. The van der Waals surface area contributed by atoms with Gasteiger partial charge in [0.05, 0.1) is 17.7 Å². The van der Waals surface area contributed by atoms with E-state index in [-0.39, 0.29) is 29.3 Å². The predicted octanol–water partition coefficient (Wildman–Crippen LogP) is 2.88. The molecule has 0 bridgehead atoms. The minimum absolute atomic E-state index is 0.0300. The van der Waals surface area contributed by atoms with E-state index in [2.05, 4.69) is 5.32 Å². The van der Waals surface area contributed by atoms with E-state index in [1.54, 1.807) is 30.3 Å². The van der Waals surface area contributed by atoms with E-state index in [1.165, 1.54) is 12.1 Å². The van der Waals surface area contributed by atoms with Crippen molar-refractivity contribution in [2.45, 2.75) is 6.42 Å². The minimum Gasteiger partial charge on any atom is -0.508 e. The molecule has 0 radical (unpaired) electrons. The second kappa shape index (κ2) is 6.57.